The van der Waals surface area contributed by atoms with Gasteiger partial charge in [-0.2, -0.15) is 0 Å². The normalized spacial score (nSPS) is 11.7. The number of halogens is 3. The summed E-state index contributed by atoms with van der Waals surface area (Å²) >= 11 is 1.05. The summed E-state index contributed by atoms with van der Waals surface area (Å²) in [6.07, 6.45) is 0. The number of oxime groups is 1. The van der Waals surface area contributed by atoms with Crippen LogP contribution in [0, 0.1) is 17.5 Å². The molecule has 0 aliphatic carbocycles. The summed E-state index contributed by atoms with van der Waals surface area (Å²) < 4.78 is 40.1. The molecular formula is C14H11F3N2OS. The Balaban J connectivity index is 2.13. The number of amidine groups is 1. The quantitative estimate of drug-likeness (QED) is 0.299. The molecule has 0 aliphatic rings. The lowest BCUT2D eigenvalue weighted by Crippen LogP contribution is -2.13. The van der Waals surface area contributed by atoms with Gasteiger partial charge < -0.3 is 10.9 Å². The number of nitrogens with zero attached hydrogens (tertiary/aromatic N) is 1. The highest BCUT2D eigenvalue weighted by Crippen LogP contribution is 2.27. The molecule has 0 spiro atoms. The zero-order valence-electron chi connectivity index (χ0n) is 10.7. The van der Waals surface area contributed by atoms with Crippen LogP contribution in [0.5, 0.6) is 0 Å². The number of hydrogen-bond acceptors (Lipinski definition) is 3. The number of thioether (sulfide) groups is 1. The van der Waals surface area contributed by atoms with E-state index < -0.39 is 17.5 Å². The van der Waals surface area contributed by atoms with E-state index in [4.69, 9.17) is 10.9 Å². The first-order valence-electron chi connectivity index (χ1n) is 5.85. The molecule has 3 N–H and O–H groups in total. The van der Waals surface area contributed by atoms with E-state index >= 15 is 0 Å². The maximum atomic E-state index is 13.9. The Morgan fingerprint density at radius 2 is 1.86 bits per heavy atom. The predicted octanol–water partition coefficient (Wildman–Crippen LogP) is 3.49. The van der Waals surface area contributed by atoms with Gasteiger partial charge in [-0.25, -0.2) is 13.2 Å². The van der Waals surface area contributed by atoms with E-state index in [1.54, 1.807) is 0 Å². The molecule has 2 rings (SSSR count). The molecule has 0 heterocycles. The molecular weight excluding hydrogens is 301 g/mol. The lowest BCUT2D eigenvalue weighted by Gasteiger charge is -2.06. The van der Waals surface area contributed by atoms with Crippen molar-refractivity contribution in [2.45, 2.75) is 10.6 Å². The van der Waals surface area contributed by atoms with Gasteiger partial charge in [-0.15, -0.1) is 11.8 Å². The second kappa shape index (κ2) is 6.53. The number of hydrogen-bond donors (Lipinski definition) is 2. The minimum atomic E-state index is -0.686. The molecule has 2 aromatic rings. The van der Waals surface area contributed by atoms with Crippen LogP contribution in [-0.2, 0) is 5.75 Å². The molecule has 7 heteroatoms. The first-order chi connectivity index (χ1) is 10.0. The van der Waals surface area contributed by atoms with Crippen LogP contribution in [0.1, 0.15) is 11.1 Å². The molecule has 0 aromatic heterocycles. The highest BCUT2D eigenvalue weighted by Gasteiger charge is 2.09. The van der Waals surface area contributed by atoms with Crippen molar-refractivity contribution in [1.82, 2.24) is 0 Å². The maximum absolute atomic E-state index is 13.9. The number of nitrogens with two attached hydrogens (primary N) is 1. The second-order valence-corrected chi connectivity index (χ2v) is 5.17. The Bertz CT molecular complexity index is 692. The fourth-order valence-electron chi connectivity index (χ4n) is 1.63. The Morgan fingerprint density at radius 1 is 1.10 bits per heavy atom. The summed E-state index contributed by atoms with van der Waals surface area (Å²) in [5.41, 5.74) is 5.93. The smallest absolute Gasteiger partial charge is 0.170 e. The van der Waals surface area contributed by atoms with Gasteiger partial charge in [0.05, 0.1) is 0 Å². The number of rotatable bonds is 4. The summed E-state index contributed by atoms with van der Waals surface area (Å²) in [7, 11) is 0. The SMILES string of the molecule is N/C(=N\O)c1ccc(CSc2ccc(F)cc2F)c(F)c1. The molecule has 0 saturated carbocycles. The van der Waals surface area contributed by atoms with Crippen LogP contribution in [0.25, 0.3) is 0 Å². The fourth-order valence-corrected chi connectivity index (χ4v) is 2.54. The third-order valence-electron chi connectivity index (χ3n) is 2.73. The van der Waals surface area contributed by atoms with E-state index in [2.05, 4.69) is 5.16 Å². The predicted molar refractivity (Wildman–Crippen MR) is 74.8 cm³/mol. The van der Waals surface area contributed by atoms with Crippen molar-refractivity contribution < 1.29 is 18.4 Å². The first kappa shape index (κ1) is 15.2. The molecule has 0 amide bonds. The molecule has 0 bridgehead atoms. The van der Waals surface area contributed by atoms with E-state index in [0.29, 0.717) is 5.56 Å². The van der Waals surface area contributed by atoms with Gasteiger partial charge in [-0.3, -0.25) is 0 Å². The zero-order valence-corrected chi connectivity index (χ0v) is 11.5. The minimum Gasteiger partial charge on any atom is -0.409 e. The van der Waals surface area contributed by atoms with Crippen molar-refractivity contribution in [3.05, 3.63) is 65.0 Å². The summed E-state index contributed by atoms with van der Waals surface area (Å²) in [5.74, 6) is -1.92. The molecule has 110 valence electrons. The van der Waals surface area contributed by atoms with Gasteiger partial charge in [0, 0.05) is 22.3 Å². The van der Waals surface area contributed by atoms with E-state index in [9.17, 15) is 13.2 Å². The van der Waals surface area contributed by atoms with Gasteiger partial charge in [0.1, 0.15) is 17.5 Å². The summed E-state index contributed by atoms with van der Waals surface area (Å²) in [5, 5.41) is 11.3. The fraction of sp³-hybridized carbons (Fsp3) is 0.0714. The zero-order chi connectivity index (χ0) is 15.4. The Hall–Kier alpha value is -2.15. The molecule has 21 heavy (non-hydrogen) atoms. The van der Waals surface area contributed by atoms with Gasteiger partial charge in [0.15, 0.2) is 5.84 Å². The largest absolute Gasteiger partial charge is 0.409 e. The molecule has 0 unspecified atom stereocenters. The number of benzene rings is 2. The van der Waals surface area contributed by atoms with Crippen molar-refractivity contribution in [3.63, 3.8) is 0 Å². The van der Waals surface area contributed by atoms with Gasteiger partial charge in [-0.05, 0) is 23.8 Å². The van der Waals surface area contributed by atoms with Gasteiger partial charge >= 0.3 is 0 Å². The van der Waals surface area contributed by atoms with Crippen molar-refractivity contribution in [1.29, 1.82) is 0 Å². The van der Waals surface area contributed by atoms with Crippen LogP contribution in [0.2, 0.25) is 0 Å². The monoisotopic (exact) mass is 312 g/mol. The maximum Gasteiger partial charge on any atom is 0.170 e. The van der Waals surface area contributed by atoms with E-state index in [-0.39, 0.29) is 22.0 Å². The van der Waals surface area contributed by atoms with Crippen molar-refractivity contribution in [3.8, 4) is 0 Å². The lowest BCUT2D eigenvalue weighted by atomic mass is 10.1. The van der Waals surface area contributed by atoms with Crippen molar-refractivity contribution in [2.24, 2.45) is 10.9 Å². The Morgan fingerprint density at radius 3 is 2.48 bits per heavy atom. The average molecular weight is 312 g/mol. The minimum absolute atomic E-state index is 0.171. The summed E-state index contributed by atoms with van der Waals surface area (Å²) in [6.45, 7) is 0. The first-order valence-corrected chi connectivity index (χ1v) is 6.84. The van der Waals surface area contributed by atoms with Crippen molar-refractivity contribution >= 4 is 17.6 Å². The highest BCUT2D eigenvalue weighted by atomic mass is 32.2. The average Bonchev–Trinajstić information content (AvgIpc) is 2.46. The van der Waals surface area contributed by atoms with Crippen LogP contribution in [0.3, 0.4) is 0 Å². The van der Waals surface area contributed by atoms with Crippen LogP contribution in [0.4, 0.5) is 13.2 Å². The second-order valence-electron chi connectivity index (χ2n) is 4.15. The standard InChI is InChI=1S/C14H11F3N2OS/c15-10-3-4-13(12(17)6-10)21-7-9-2-1-8(5-11(9)16)14(18)19-20/h1-6,20H,7H2,(H2,18,19). The highest BCUT2D eigenvalue weighted by molar-refractivity contribution is 7.98. The van der Waals surface area contributed by atoms with Crippen molar-refractivity contribution in [2.75, 3.05) is 0 Å². The van der Waals surface area contributed by atoms with Gasteiger partial charge in [-0.1, -0.05) is 17.3 Å². The molecule has 0 fully saturated rings. The molecule has 0 aliphatic heterocycles. The van der Waals surface area contributed by atoms with Gasteiger partial charge in [0.25, 0.3) is 0 Å². The van der Waals surface area contributed by atoms with Crippen LogP contribution < -0.4 is 5.73 Å². The Kier molecular flexibility index (Phi) is 4.74. The van der Waals surface area contributed by atoms with E-state index in [1.165, 1.54) is 18.2 Å². The van der Waals surface area contributed by atoms with Crippen LogP contribution in [-0.4, -0.2) is 11.0 Å². The topological polar surface area (TPSA) is 58.6 Å². The summed E-state index contributed by atoms with van der Waals surface area (Å²) in [4.78, 5) is 0.233. The molecule has 0 atom stereocenters. The molecule has 2 aromatic carbocycles. The van der Waals surface area contributed by atoms with E-state index in [0.717, 1.165) is 30.0 Å². The molecule has 0 radical (unpaired) electrons. The van der Waals surface area contributed by atoms with Crippen LogP contribution in [0.15, 0.2) is 46.4 Å². The summed E-state index contributed by atoms with van der Waals surface area (Å²) in [6, 6.07) is 7.32. The third kappa shape index (κ3) is 3.69. The third-order valence-corrected chi connectivity index (χ3v) is 3.83. The van der Waals surface area contributed by atoms with Crippen LogP contribution >= 0.6 is 11.8 Å². The van der Waals surface area contributed by atoms with Gasteiger partial charge in [0.2, 0.25) is 0 Å². The molecule has 3 nitrogen and oxygen atoms in total. The van der Waals surface area contributed by atoms with E-state index in [1.807, 2.05) is 0 Å². The Labute approximate surface area is 123 Å². The lowest BCUT2D eigenvalue weighted by molar-refractivity contribution is 0.318. The molecule has 0 saturated heterocycles.